The average Bonchev–Trinajstić information content (AvgIpc) is 3.30. The Balaban J connectivity index is 1.67. The van der Waals surface area contributed by atoms with E-state index >= 15 is 0 Å². The Morgan fingerprint density at radius 3 is 2.78 bits per heavy atom. The summed E-state index contributed by atoms with van der Waals surface area (Å²) >= 11 is 0. The maximum Gasteiger partial charge on any atom is 0.237 e. The van der Waals surface area contributed by atoms with Gasteiger partial charge in [0.25, 0.3) is 0 Å². The largest absolute Gasteiger partial charge is 0.353 e. The number of carbonyl (C=O) groups is 2. The van der Waals surface area contributed by atoms with Crippen LogP contribution in [0.3, 0.4) is 0 Å². The molecular formula is C16H19F2N3O2. The monoisotopic (exact) mass is 323 g/mol. The third-order valence-corrected chi connectivity index (χ3v) is 4.13. The molecule has 0 bridgehead atoms. The van der Waals surface area contributed by atoms with Gasteiger partial charge >= 0.3 is 0 Å². The molecule has 2 amide bonds. The van der Waals surface area contributed by atoms with Gasteiger partial charge in [0, 0.05) is 25.7 Å². The van der Waals surface area contributed by atoms with Crippen molar-refractivity contribution >= 4 is 11.8 Å². The van der Waals surface area contributed by atoms with E-state index in [-0.39, 0.29) is 24.3 Å². The van der Waals surface area contributed by atoms with Crippen molar-refractivity contribution in [2.75, 3.05) is 13.1 Å². The van der Waals surface area contributed by atoms with Crippen LogP contribution in [0.5, 0.6) is 0 Å². The molecule has 1 aliphatic heterocycles. The van der Waals surface area contributed by atoms with Gasteiger partial charge in [-0.05, 0) is 30.5 Å². The zero-order valence-corrected chi connectivity index (χ0v) is 12.6. The van der Waals surface area contributed by atoms with E-state index in [1.165, 1.54) is 6.07 Å². The minimum atomic E-state index is -0.910. The number of carbonyl (C=O) groups excluding carboxylic acids is 2. The fourth-order valence-electron chi connectivity index (χ4n) is 2.74. The van der Waals surface area contributed by atoms with Crippen molar-refractivity contribution in [2.45, 2.75) is 37.9 Å². The van der Waals surface area contributed by atoms with Crippen LogP contribution in [-0.2, 0) is 16.1 Å². The molecule has 1 unspecified atom stereocenters. The summed E-state index contributed by atoms with van der Waals surface area (Å²) in [5, 5.41) is 5.62. The summed E-state index contributed by atoms with van der Waals surface area (Å²) in [6.07, 6.45) is 2.05. The Bertz CT molecular complexity index is 619. The summed E-state index contributed by atoms with van der Waals surface area (Å²) in [6.45, 7) is 1.33. The molecule has 0 spiro atoms. The molecule has 0 radical (unpaired) electrons. The van der Waals surface area contributed by atoms with Gasteiger partial charge in [-0.2, -0.15) is 0 Å². The standard InChI is InChI=1S/C16H19F2N3O2/c17-12-4-1-10(7-13(12)18)9-21-6-5-19-16(23)14(21)8-15(22)20-11-2-3-11/h1,4,7,11,14H,2-3,5-6,8-9H2,(H,19,23)(H,20,22). The molecule has 2 fully saturated rings. The molecule has 23 heavy (non-hydrogen) atoms. The maximum absolute atomic E-state index is 13.3. The number of halogens is 2. The highest BCUT2D eigenvalue weighted by Gasteiger charge is 2.33. The lowest BCUT2D eigenvalue weighted by Crippen LogP contribution is -2.56. The first-order valence-electron chi connectivity index (χ1n) is 7.78. The number of nitrogens with zero attached hydrogens (tertiary/aromatic N) is 1. The van der Waals surface area contributed by atoms with E-state index in [1.807, 2.05) is 4.90 Å². The van der Waals surface area contributed by atoms with Crippen LogP contribution in [-0.4, -0.2) is 41.9 Å². The topological polar surface area (TPSA) is 61.4 Å². The molecule has 3 rings (SSSR count). The lowest BCUT2D eigenvalue weighted by Gasteiger charge is -2.34. The zero-order chi connectivity index (χ0) is 16.4. The number of rotatable bonds is 5. The van der Waals surface area contributed by atoms with Gasteiger partial charge in [0.05, 0.1) is 12.5 Å². The molecule has 0 aromatic heterocycles. The first kappa shape index (κ1) is 15.9. The molecular weight excluding hydrogens is 304 g/mol. The van der Waals surface area contributed by atoms with Crippen LogP contribution in [0.2, 0.25) is 0 Å². The summed E-state index contributed by atoms with van der Waals surface area (Å²) in [5.41, 5.74) is 0.575. The van der Waals surface area contributed by atoms with Crippen molar-refractivity contribution in [3.05, 3.63) is 35.4 Å². The molecule has 1 heterocycles. The van der Waals surface area contributed by atoms with Crippen LogP contribution in [0.4, 0.5) is 8.78 Å². The second-order valence-electron chi connectivity index (χ2n) is 6.07. The van der Waals surface area contributed by atoms with E-state index < -0.39 is 17.7 Å². The SMILES string of the molecule is O=C(CC1C(=O)NCCN1Cc1ccc(F)c(F)c1)NC1CC1. The normalized spacial score (nSPS) is 21.8. The zero-order valence-electron chi connectivity index (χ0n) is 12.6. The molecule has 1 atom stereocenters. The van der Waals surface area contributed by atoms with E-state index in [0.29, 0.717) is 25.2 Å². The second kappa shape index (κ2) is 6.62. The average molecular weight is 323 g/mol. The quantitative estimate of drug-likeness (QED) is 0.848. The van der Waals surface area contributed by atoms with Crippen LogP contribution in [0.25, 0.3) is 0 Å². The highest BCUT2D eigenvalue weighted by molar-refractivity contribution is 5.89. The number of benzene rings is 1. The second-order valence-corrected chi connectivity index (χ2v) is 6.07. The summed E-state index contributed by atoms with van der Waals surface area (Å²) in [5.74, 6) is -2.16. The van der Waals surface area contributed by atoms with Crippen molar-refractivity contribution in [3.63, 3.8) is 0 Å². The Labute approximate surface area is 133 Å². The molecule has 2 N–H and O–H groups in total. The molecule has 1 saturated heterocycles. The number of hydrogen-bond donors (Lipinski definition) is 2. The smallest absolute Gasteiger partial charge is 0.237 e. The van der Waals surface area contributed by atoms with E-state index in [0.717, 1.165) is 25.0 Å². The Hall–Kier alpha value is -2.02. The van der Waals surface area contributed by atoms with Gasteiger partial charge in [0.1, 0.15) is 0 Å². The molecule has 124 valence electrons. The highest BCUT2D eigenvalue weighted by Crippen LogP contribution is 2.20. The molecule has 5 nitrogen and oxygen atoms in total. The Morgan fingerprint density at radius 2 is 2.09 bits per heavy atom. The van der Waals surface area contributed by atoms with Gasteiger partial charge in [-0.1, -0.05) is 6.07 Å². The first-order valence-corrected chi connectivity index (χ1v) is 7.78. The van der Waals surface area contributed by atoms with Crippen molar-refractivity contribution in [2.24, 2.45) is 0 Å². The summed E-state index contributed by atoms with van der Waals surface area (Å²) in [6, 6.07) is 3.35. The number of piperazine rings is 1. The molecule has 1 saturated carbocycles. The predicted octanol–water partition coefficient (Wildman–Crippen LogP) is 0.934. The van der Waals surface area contributed by atoms with Gasteiger partial charge in [-0.25, -0.2) is 8.78 Å². The molecule has 1 aromatic rings. The van der Waals surface area contributed by atoms with E-state index in [4.69, 9.17) is 0 Å². The van der Waals surface area contributed by atoms with E-state index in [1.54, 1.807) is 0 Å². The minimum absolute atomic E-state index is 0.0754. The predicted molar refractivity (Wildman–Crippen MR) is 79.3 cm³/mol. The summed E-state index contributed by atoms with van der Waals surface area (Å²) in [4.78, 5) is 25.9. The molecule has 7 heteroatoms. The van der Waals surface area contributed by atoms with Crippen LogP contribution in [0.1, 0.15) is 24.8 Å². The van der Waals surface area contributed by atoms with Crippen molar-refractivity contribution in [3.8, 4) is 0 Å². The minimum Gasteiger partial charge on any atom is -0.353 e. The van der Waals surface area contributed by atoms with Crippen LogP contribution in [0, 0.1) is 11.6 Å². The lowest BCUT2D eigenvalue weighted by molar-refractivity contribution is -0.134. The highest BCUT2D eigenvalue weighted by atomic mass is 19.2. The summed E-state index contributed by atoms with van der Waals surface area (Å²) in [7, 11) is 0. The fourth-order valence-corrected chi connectivity index (χ4v) is 2.74. The molecule has 1 aromatic carbocycles. The molecule has 2 aliphatic rings. The van der Waals surface area contributed by atoms with Crippen LogP contribution < -0.4 is 10.6 Å². The molecule has 1 aliphatic carbocycles. The van der Waals surface area contributed by atoms with Gasteiger partial charge in [0.15, 0.2) is 11.6 Å². The fraction of sp³-hybridized carbons (Fsp3) is 0.500. The van der Waals surface area contributed by atoms with Gasteiger partial charge < -0.3 is 10.6 Å². The van der Waals surface area contributed by atoms with Crippen LogP contribution >= 0.6 is 0 Å². The summed E-state index contributed by atoms with van der Waals surface area (Å²) < 4.78 is 26.3. The van der Waals surface area contributed by atoms with E-state index in [2.05, 4.69) is 10.6 Å². The lowest BCUT2D eigenvalue weighted by atomic mass is 10.1. The maximum atomic E-state index is 13.3. The van der Waals surface area contributed by atoms with Crippen LogP contribution in [0.15, 0.2) is 18.2 Å². The number of nitrogens with one attached hydrogen (secondary N) is 2. The van der Waals surface area contributed by atoms with Crippen molar-refractivity contribution in [1.29, 1.82) is 0 Å². The Morgan fingerprint density at radius 1 is 1.30 bits per heavy atom. The Kier molecular flexibility index (Phi) is 4.56. The van der Waals surface area contributed by atoms with Gasteiger partial charge in [-0.15, -0.1) is 0 Å². The first-order chi connectivity index (χ1) is 11.0. The number of hydrogen-bond acceptors (Lipinski definition) is 3. The number of amides is 2. The third-order valence-electron chi connectivity index (χ3n) is 4.13. The van der Waals surface area contributed by atoms with Gasteiger partial charge in [-0.3, -0.25) is 14.5 Å². The van der Waals surface area contributed by atoms with Crippen molar-refractivity contribution < 1.29 is 18.4 Å². The van der Waals surface area contributed by atoms with Crippen molar-refractivity contribution in [1.82, 2.24) is 15.5 Å². The third kappa shape index (κ3) is 4.04. The van der Waals surface area contributed by atoms with E-state index in [9.17, 15) is 18.4 Å². The van der Waals surface area contributed by atoms with Gasteiger partial charge in [0.2, 0.25) is 11.8 Å².